The van der Waals surface area contributed by atoms with Crippen LogP contribution in [-0.2, 0) is 0 Å². The highest BCUT2D eigenvalue weighted by Crippen LogP contribution is 2.79. The molecule has 0 aromatic heterocycles. The Morgan fingerprint density at radius 2 is 1.92 bits per heavy atom. The van der Waals surface area contributed by atoms with E-state index in [2.05, 4.69) is 40.7 Å². The zero-order chi connectivity index (χ0) is 26.1. The summed E-state index contributed by atoms with van der Waals surface area (Å²) in [6.45, 7) is 12.5. The second kappa shape index (κ2) is 9.23. The van der Waals surface area contributed by atoms with Crippen molar-refractivity contribution in [3.63, 3.8) is 0 Å². The number of rotatable bonds is 6. The van der Waals surface area contributed by atoms with Gasteiger partial charge in [-0.1, -0.05) is 32.4 Å². The second-order valence-corrected chi connectivity index (χ2v) is 14.7. The van der Waals surface area contributed by atoms with E-state index in [-0.39, 0.29) is 0 Å². The van der Waals surface area contributed by atoms with Crippen LogP contribution in [-0.4, -0.2) is 6.10 Å². The maximum Gasteiger partial charge on any atom is 0.142 e. The summed E-state index contributed by atoms with van der Waals surface area (Å²) in [5, 5.41) is 0. The van der Waals surface area contributed by atoms with Gasteiger partial charge in [-0.2, -0.15) is 0 Å². The third kappa shape index (κ3) is 3.88. The van der Waals surface area contributed by atoms with Crippen LogP contribution < -0.4 is 16.2 Å². The van der Waals surface area contributed by atoms with E-state index in [1.165, 1.54) is 69.8 Å². The number of ether oxygens (including phenoxy) is 1. The SMILES string of the molecule is CC(C)=CCCC(C)C1CCC2C3CCC4CC(Oc5ccc(N)cc5N)CCC45C(C)C(CC12C)C35. The van der Waals surface area contributed by atoms with E-state index in [4.69, 9.17) is 16.2 Å². The minimum Gasteiger partial charge on any atom is -0.488 e. The normalized spacial score (nSPS) is 44.6. The molecule has 5 aliphatic rings. The molecule has 0 saturated heterocycles. The lowest BCUT2D eigenvalue weighted by molar-refractivity contribution is -0.276. The number of anilines is 2. The predicted molar refractivity (Wildman–Crippen MR) is 155 cm³/mol. The zero-order valence-electron chi connectivity index (χ0n) is 24.1. The molecule has 3 heteroatoms. The quantitative estimate of drug-likeness (QED) is 0.301. The van der Waals surface area contributed by atoms with Gasteiger partial charge in [0.25, 0.3) is 0 Å². The Morgan fingerprint density at radius 3 is 2.68 bits per heavy atom. The fraction of sp³-hybridized carbons (Fsp3) is 0.765. The lowest BCUT2D eigenvalue weighted by Gasteiger charge is -2.75. The molecule has 5 saturated carbocycles. The fourth-order valence-corrected chi connectivity index (χ4v) is 11.6. The number of hydrogen-bond acceptors (Lipinski definition) is 3. The van der Waals surface area contributed by atoms with Crippen molar-refractivity contribution in [2.75, 3.05) is 11.5 Å². The molecule has 11 atom stereocenters. The van der Waals surface area contributed by atoms with Crippen LogP contribution in [0.5, 0.6) is 5.75 Å². The summed E-state index contributed by atoms with van der Waals surface area (Å²) < 4.78 is 6.51. The molecule has 0 aliphatic heterocycles. The monoisotopic (exact) mass is 504 g/mol. The minimum atomic E-state index is 0.302. The molecule has 204 valence electrons. The van der Waals surface area contributed by atoms with Crippen molar-refractivity contribution in [1.29, 1.82) is 0 Å². The Kier molecular flexibility index (Phi) is 6.39. The summed E-state index contributed by atoms with van der Waals surface area (Å²) in [5.74, 6) is 8.23. The van der Waals surface area contributed by atoms with Crippen molar-refractivity contribution in [3.8, 4) is 5.75 Å². The average Bonchev–Trinajstić information content (AvgIpc) is 3.21. The summed E-state index contributed by atoms with van der Waals surface area (Å²) >= 11 is 0. The van der Waals surface area contributed by atoms with Crippen LogP contribution in [0.25, 0.3) is 0 Å². The molecule has 0 bridgehead atoms. The largest absolute Gasteiger partial charge is 0.488 e. The van der Waals surface area contributed by atoms with Gasteiger partial charge in [-0.3, -0.25) is 0 Å². The molecule has 0 radical (unpaired) electrons. The number of allylic oxidation sites excluding steroid dienone is 2. The van der Waals surface area contributed by atoms with Crippen molar-refractivity contribution in [1.82, 2.24) is 0 Å². The Balaban J connectivity index is 1.17. The summed E-state index contributed by atoms with van der Waals surface area (Å²) in [4.78, 5) is 0. The Bertz CT molecular complexity index is 1040. The molecule has 4 N–H and O–H groups in total. The van der Waals surface area contributed by atoms with Crippen LogP contribution in [0, 0.1) is 58.2 Å². The number of hydrogen-bond donors (Lipinski definition) is 2. The molecule has 1 spiro atoms. The van der Waals surface area contributed by atoms with Gasteiger partial charge in [0, 0.05) is 5.69 Å². The van der Waals surface area contributed by atoms with E-state index in [0.717, 1.165) is 53.1 Å². The van der Waals surface area contributed by atoms with Gasteiger partial charge in [0.15, 0.2) is 0 Å². The maximum absolute atomic E-state index is 6.51. The first-order valence-electron chi connectivity index (χ1n) is 15.6. The van der Waals surface area contributed by atoms with E-state index >= 15 is 0 Å². The lowest BCUT2D eigenvalue weighted by atomic mass is 9.29. The molecule has 0 heterocycles. The van der Waals surface area contributed by atoms with Crippen LogP contribution in [0.2, 0.25) is 0 Å². The highest BCUT2D eigenvalue weighted by Gasteiger charge is 2.72. The number of nitrogen functional groups attached to an aromatic ring is 2. The smallest absolute Gasteiger partial charge is 0.142 e. The van der Waals surface area contributed by atoms with Crippen molar-refractivity contribution in [2.24, 2.45) is 58.2 Å². The highest BCUT2D eigenvalue weighted by molar-refractivity contribution is 5.60. The van der Waals surface area contributed by atoms with Crippen LogP contribution in [0.15, 0.2) is 29.8 Å². The molecule has 37 heavy (non-hydrogen) atoms. The standard InChI is InChI=1S/C34H52N2O/c1-20(2)7-6-8-21(3)28-12-13-29-26-11-9-23-17-25(37-31-14-10-24(35)18-30(31)36)15-16-34(23)22(4)27(32(26)34)19-33(28,29)5/h7,10,14,18,21-23,25-29,32H,6,8-9,11-13,15-17,19,35-36H2,1-5H3. The molecule has 1 aromatic rings. The summed E-state index contributed by atoms with van der Waals surface area (Å²) in [7, 11) is 0. The van der Waals surface area contributed by atoms with Crippen molar-refractivity contribution < 1.29 is 4.74 Å². The first kappa shape index (κ1) is 25.6. The Morgan fingerprint density at radius 1 is 1.11 bits per heavy atom. The topological polar surface area (TPSA) is 61.3 Å². The van der Waals surface area contributed by atoms with Gasteiger partial charge >= 0.3 is 0 Å². The van der Waals surface area contributed by atoms with Crippen LogP contribution in [0.4, 0.5) is 11.4 Å². The average molecular weight is 505 g/mol. The third-order valence-corrected chi connectivity index (χ3v) is 13.0. The van der Waals surface area contributed by atoms with E-state index in [1.54, 1.807) is 0 Å². The van der Waals surface area contributed by atoms with Gasteiger partial charge in [-0.05, 0) is 154 Å². The first-order chi connectivity index (χ1) is 17.6. The van der Waals surface area contributed by atoms with E-state index < -0.39 is 0 Å². The highest BCUT2D eigenvalue weighted by atomic mass is 16.5. The maximum atomic E-state index is 6.51. The molecular formula is C34H52N2O. The Hall–Kier alpha value is -1.64. The predicted octanol–water partition coefficient (Wildman–Crippen LogP) is 8.50. The third-order valence-electron chi connectivity index (χ3n) is 13.0. The molecule has 6 rings (SSSR count). The summed E-state index contributed by atoms with van der Waals surface area (Å²) in [6.07, 6.45) is 16.5. The van der Waals surface area contributed by atoms with E-state index in [1.807, 2.05) is 18.2 Å². The second-order valence-electron chi connectivity index (χ2n) is 14.7. The fourth-order valence-electron chi connectivity index (χ4n) is 11.6. The Labute approximate surface area is 226 Å². The van der Waals surface area contributed by atoms with Gasteiger partial charge in [0.2, 0.25) is 0 Å². The van der Waals surface area contributed by atoms with Gasteiger partial charge in [-0.15, -0.1) is 0 Å². The molecule has 5 fully saturated rings. The van der Waals surface area contributed by atoms with Gasteiger partial charge in [0.1, 0.15) is 5.75 Å². The molecule has 11 unspecified atom stereocenters. The van der Waals surface area contributed by atoms with Crippen LogP contribution in [0.1, 0.15) is 98.8 Å². The lowest BCUT2D eigenvalue weighted by Crippen LogP contribution is -2.70. The molecular weight excluding hydrogens is 452 g/mol. The molecule has 0 amide bonds. The number of nitrogens with two attached hydrogens (primary N) is 2. The molecule has 1 aromatic carbocycles. The minimum absolute atomic E-state index is 0.302. The van der Waals surface area contributed by atoms with Crippen molar-refractivity contribution >= 4 is 11.4 Å². The molecule has 3 nitrogen and oxygen atoms in total. The van der Waals surface area contributed by atoms with E-state index in [0.29, 0.717) is 28.3 Å². The number of fused-ring (bicyclic) bond motifs is 2. The zero-order valence-corrected chi connectivity index (χ0v) is 24.1. The summed E-state index contributed by atoms with van der Waals surface area (Å²) in [6, 6.07) is 5.71. The van der Waals surface area contributed by atoms with Gasteiger partial charge < -0.3 is 16.2 Å². The molecule has 5 aliphatic carbocycles. The van der Waals surface area contributed by atoms with Crippen LogP contribution >= 0.6 is 0 Å². The van der Waals surface area contributed by atoms with Gasteiger partial charge in [0.05, 0.1) is 11.8 Å². The first-order valence-corrected chi connectivity index (χ1v) is 15.6. The van der Waals surface area contributed by atoms with E-state index in [9.17, 15) is 0 Å². The summed E-state index contributed by atoms with van der Waals surface area (Å²) in [5.41, 5.74) is 16.2. The van der Waals surface area contributed by atoms with Gasteiger partial charge in [-0.25, -0.2) is 0 Å². The number of benzene rings is 1. The van der Waals surface area contributed by atoms with Crippen molar-refractivity contribution in [3.05, 3.63) is 29.8 Å². The van der Waals surface area contributed by atoms with Crippen LogP contribution in [0.3, 0.4) is 0 Å². The van der Waals surface area contributed by atoms with Crippen molar-refractivity contribution in [2.45, 2.75) is 105 Å².